The number of amides is 1. The molecular weight excluding hydrogens is 474 g/mol. The smallest absolute Gasteiger partial charge is 0.253 e. The van der Waals surface area contributed by atoms with Crippen molar-refractivity contribution in [3.63, 3.8) is 0 Å². The van der Waals surface area contributed by atoms with Gasteiger partial charge in [-0.05, 0) is 48.6 Å². The molecule has 0 radical (unpaired) electrons. The molecule has 4 heterocycles. The second-order valence-corrected chi connectivity index (χ2v) is 9.53. The highest BCUT2D eigenvalue weighted by atomic mass is 16.5. The third-order valence-electron chi connectivity index (χ3n) is 6.69. The zero-order valence-electron chi connectivity index (χ0n) is 20.8. The lowest BCUT2D eigenvalue weighted by atomic mass is 9.99. The summed E-state index contributed by atoms with van der Waals surface area (Å²) in [5, 5.41) is 16.9. The lowest BCUT2D eigenvalue weighted by Gasteiger charge is -2.30. The molecule has 0 spiro atoms. The van der Waals surface area contributed by atoms with Gasteiger partial charge in [0, 0.05) is 57.8 Å². The molecule has 0 unspecified atom stereocenters. The van der Waals surface area contributed by atoms with Crippen molar-refractivity contribution in [2.75, 3.05) is 38.2 Å². The second kappa shape index (κ2) is 12.2. The van der Waals surface area contributed by atoms with Gasteiger partial charge in [0.25, 0.3) is 5.91 Å². The van der Waals surface area contributed by atoms with E-state index >= 15 is 0 Å². The zero-order chi connectivity index (χ0) is 25.5. The van der Waals surface area contributed by atoms with Gasteiger partial charge in [-0.3, -0.25) is 14.7 Å². The molecule has 0 bridgehead atoms. The Morgan fingerprint density at radius 2 is 2.05 bits per heavy atom. The van der Waals surface area contributed by atoms with E-state index in [9.17, 15) is 9.90 Å². The standard InChI is InChI=1S/C27H33N5O5/c33-24(13-30-27(34)21-9-23(12-28-11-21)31-22-4-7-35-8-5-22)16-32-6-3-19-10-25(2-1-20(19)15-32)36-17-26-14-29-18-37-26/h1-2,9-12,14,18,22,24,31,33H,3-8,13,15-17H2,(H,30,34)/t24-/m0/s1. The normalized spacial score (nSPS) is 17.1. The Labute approximate surface area is 216 Å². The highest BCUT2D eigenvalue weighted by molar-refractivity contribution is 5.94. The van der Waals surface area contributed by atoms with Crippen LogP contribution in [0.2, 0.25) is 0 Å². The SMILES string of the molecule is O=C(NC[C@H](O)CN1CCc2cc(OCc3cnco3)ccc2C1)c1cncc(NC2CCOCC2)c1. The fraction of sp³-hybridized carbons (Fsp3) is 0.444. The monoisotopic (exact) mass is 507 g/mol. The van der Waals surface area contributed by atoms with E-state index in [4.69, 9.17) is 13.9 Å². The van der Waals surface area contributed by atoms with Crippen LogP contribution in [0.15, 0.2) is 53.7 Å². The van der Waals surface area contributed by atoms with Gasteiger partial charge in [0.1, 0.15) is 12.4 Å². The molecule has 3 aromatic rings. The number of carbonyl (C=O) groups is 1. The molecule has 37 heavy (non-hydrogen) atoms. The first-order chi connectivity index (χ1) is 18.1. The van der Waals surface area contributed by atoms with E-state index in [0.717, 1.165) is 57.0 Å². The first-order valence-corrected chi connectivity index (χ1v) is 12.7. The maximum Gasteiger partial charge on any atom is 0.253 e. The highest BCUT2D eigenvalue weighted by Gasteiger charge is 2.20. The molecule has 2 aliphatic rings. The van der Waals surface area contributed by atoms with E-state index in [2.05, 4.69) is 37.6 Å². The summed E-state index contributed by atoms with van der Waals surface area (Å²) in [4.78, 5) is 23.0. The number of fused-ring (bicyclic) bond motifs is 1. The third kappa shape index (κ3) is 7.06. The maximum atomic E-state index is 12.7. The molecule has 1 atom stereocenters. The number of hydrogen-bond donors (Lipinski definition) is 3. The van der Waals surface area contributed by atoms with Crippen LogP contribution in [-0.4, -0.2) is 70.9 Å². The number of pyridine rings is 1. The van der Waals surface area contributed by atoms with Gasteiger partial charge in [0.15, 0.2) is 12.2 Å². The van der Waals surface area contributed by atoms with E-state index in [1.54, 1.807) is 24.7 Å². The highest BCUT2D eigenvalue weighted by Crippen LogP contribution is 2.24. The molecule has 10 nitrogen and oxygen atoms in total. The summed E-state index contributed by atoms with van der Waals surface area (Å²) in [6.07, 6.45) is 8.36. The molecule has 1 aromatic carbocycles. The molecule has 196 valence electrons. The molecular formula is C27H33N5O5. The molecule has 2 aromatic heterocycles. The number of rotatable bonds is 10. The summed E-state index contributed by atoms with van der Waals surface area (Å²) in [5.41, 5.74) is 3.75. The predicted molar refractivity (Wildman–Crippen MR) is 136 cm³/mol. The quantitative estimate of drug-likeness (QED) is 0.380. The Morgan fingerprint density at radius 3 is 2.89 bits per heavy atom. The molecule has 2 aliphatic heterocycles. The number of benzene rings is 1. The summed E-state index contributed by atoms with van der Waals surface area (Å²) >= 11 is 0. The van der Waals surface area contributed by atoms with Crippen LogP contribution in [0.25, 0.3) is 0 Å². The first-order valence-electron chi connectivity index (χ1n) is 12.7. The van der Waals surface area contributed by atoms with Crippen LogP contribution in [0.4, 0.5) is 5.69 Å². The Hall–Kier alpha value is -3.47. The van der Waals surface area contributed by atoms with E-state index < -0.39 is 6.10 Å². The van der Waals surface area contributed by atoms with Gasteiger partial charge < -0.3 is 29.6 Å². The second-order valence-electron chi connectivity index (χ2n) is 9.53. The minimum absolute atomic E-state index is 0.175. The molecule has 0 saturated carbocycles. The van der Waals surface area contributed by atoms with Crippen molar-refractivity contribution < 1.29 is 23.8 Å². The average Bonchev–Trinajstić information content (AvgIpc) is 3.45. The number of aromatic nitrogens is 2. The number of anilines is 1. The number of aliphatic hydroxyl groups excluding tert-OH is 1. The van der Waals surface area contributed by atoms with Gasteiger partial charge in [-0.1, -0.05) is 6.07 Å². The maximum absolute atomic E-state index is 12.7. The van der Waals surface area contributed by atoms with Gasteiger partial charge >= 0.3 is 0 Å². The van der Waals surface area contributed by atoms with E-state index in [1.807, 2.05) is 6.07 Å². The van der Waals surface area contributed by atoms with Crippen molar-refractivity contribution in [1.82, 2.24) is 20.2 Å². The number of hydrogen-bond acceptors (Lipinski definition) is 9. The number of nitrogens with one attached hydrogen (secondary N) is 2. The largest absolute Gasteiger partial charge is 0.486 e. The van der Waals surface area contributed by atoms with Crippen molar-refractivity contribution in [2.45, 2.75) is 44.6 Å². The van der Waals surface area contributed by atoms with Crippen LogP contribution in [0.3, 0.4) is 0 Å². The van der Waals surface area contributed by atoms with Gasteiger partial charge in [-0.25, -0.2) is 4.98 Å². The van der Waals surface area contributed by atoms with Gasteiger partial charge in [0.2, 0.25) is 0 Å². The van der Waals surface area contributed by atoms with Crippen LogP contribution in [0, 0.1) is 0 Å². The summed E-state index contributed by atoms with van der Waals surface area (Å²) in [6, 6.07) is 8.21. The topological polar surface area (TPSA) is 122 Å². The minimum atomic E-state index is -0.675. The van der Waals surface area contributed by atoms with Crippen LogP contribution < -0.4 is 15.4 Å². The van der Waals surface area contributed by atoms with E-state index in [-0.39, 0.29) is 12.5 Å². The fourth-order valence-electron chi connectivity index (χ4n) is 4.70. The summed E-state index contributed by atoms with van der Waals surface area (Å²) in [6.45, 7) is 4.05. The Balaban J connectivity index is 1.07. The Kier molecular flexibility index (Phi) is 8.29. The van der Waals surface area contributed by atoms with Crippen molar-refractivity contribution in [2.24, 2.45) is 0 Å². The number of oxazole rings is 1. The lowest BCUT2D eigenvalue weighted by Crippen LogP contribution is -2.42. The van der Waals surface area contributed by atoms with Gasteiger partial charge in [0.05, 0.1) is 23.6 Å². The number of β-amino-alcohol motifs (C(OH)–C–C–N with tert-alkyl or cyclic N) is 1. The predicted octanol–water partition coefficient (Wildman–Crippen LogP) is 2.39. The first kappa shape index (κ1) is 25.2. The molecule has 5 rings (SSSR count). The third-order valence-corrected chi connectivity index (χ3v) is 6.69. The lowest BCUT2D eigenvalue weighted by molar-refractivity contribution is 0.0841. The summed E-state index contributed by atoms with van der Waals surface area (Å²) in [7, 11) is 0. The Bertz CT molecular complexity index is 1170. The number of ether oxygens (including phenoxy) is 2. The van der Waals surface area contributed by atoms with Crippen molar-refractivity contribution in [1.29, 1.82) is 0 Å². The Morgan fingerprint density at radius 1 is 1.16 bits per heavy atom. The van der Waals surface area contributed by atoms with Crippen LogP contribution >= 0.6 is 0 Å². The van der Waals surface area contributed by atoms with Gasteiger partial charge in [-0.15, -0.1) is 0 Å². The van der Waals surface area contributed by atoms with E-state index in [0.29, 0.717) is 30.5 Å². The zero-order valence-corrected chi connectivity index (χ0v) is 20.8. The van der Waals surface area contributed by atoms with Crippen molar-refractivity contribution in [3.8, 4) is 5.75 Å². The van der Waals surface area contributed by atoms with Crippen LogP contribution in [0.5, 0.6) is 5.75 Å². The fourth-order valence-corrected chi connectivity index (χ4v) is 4.70. The molecule has 1 amide bonds. The molecule has 1 fully saturated rings. The molecule has 3 N–H and O–H groups in total. The molecule has 10 heteroatoms. The van der Waals surface area contributed by atoms with Gasteiger partial charge in [-0.2, -0.15) is 0 Å². The number of aliphatic hydroxyl groups is 1. The molecule has 1 saturated heterocycles. The van der Waals surface area contributed by atoms with Crippen LogP contribution in [0.1, 0.15) is 40.1 Å². The molecule has 0 aliphatic carbocycles. The average molecular weight is 508 g/mol. The summed E-state index contributed by atoms with van der Waals surface area (Å²) in [5.74, 6) is 1.23. The summed E-state index contributed by atoms with van der Waals surface area (Å²) < 4.78 is 16.4. The van der Waals surface area contributed by atoms with E-state index in [1.165, 1.54) is 17.5 Å². The number of nitrogens with zero attached hydrogens (tertiary/aromatic N) is 3. The van der Waals surface area contributed by atoms with Crippen molar-refractivity contribution >= 4 is 11.6 Å². The minimum Gasteiger partial charge on any atom is -0.486 e. The van der Waals surface area contributed by atoms with Crippen molar-refractivity contribution in [3.05, 3.63) is 71.7 Å². The van der Waals surface area contributed by atoms with Crippen LogP contribution in [-0.2, 0) is 24.3 Å². The number of carbonyl (C=O) groups excluding carboxylic acids is 1.